The average molecular weight is 199 g/mol. The van der Waals surface area contributed by atoms with Gasteiger partial charge in [0, 0.05) is 0 Å². The number of hydrogen-bond donors (Lipinski definition) is 0. The van der Waals surface area contributed by atoms with Gasteiger partial charge in [-0.3, -0.25) is 0 Å². The Labute approximate surface area is 60.1 Å². The maximum atomic E-state index is 8.93. The summed E-state index contributed by atoms with van der Waals surface area (Å²) in [5.74, 6) is -4.37. The van der Waals surface area contributed by atoms with Crippen LogP contribution in [0.3, 0.4) is 0 Å². The molecule has 5 nitrogen and oxygen atoms in total. The van der Waals surface area contributed by atoms with Crippen LogP contribution in [-0.4, -0.2) is 17.4 Å². The molecule has 0 aliphatic heterocycles. The first-order valence-electron chi connectivity index (χ1n) is 1.07. The monoisotopic (exact) mass is 199 g/mol. The molecule has 6 heteroatoms. The summed E-state index contributed by atoms with van der Waals surface area (Å²) in [6, 6.07) is 0. The van der Waals surface area contributed by atoms with Crippen LogP contribution >= 0.6 is 0 Å². The molecule has 0 saturated heterocycles. The summed E-state index contributed by atoms with van der Waals surface area (Å²) in [7, 11) is 0. The number of hydrogen-bond acceptors (Lipinski definition) is 4. The van der Waals surface area contributed by atoms with Gasteiger partial charge in [-0.2, -0.15) is 0 Å². The van der Waals surface area contributed by atoms with E-state index in [-0.39, 0.29) is 27.9 Å². The molecule has 0 bridgehead atoms. The molecule has 0 amide bonds. The standard InChI is InChI=1S/C2H2O4.Nb.H2O/c3-1(4)2(5)6;;/h(H,3,4)(H,5,6);;1H2/q;+2;/p-2. The Morgan fingerprint density at radius 2 is 1.12 bits per heavy atom. The normalized spacial score (nSPS) is 5.50. The van der Waals surface area contributed by atoms with E-state index < -0.39 is 11.9 Å². The third kappa shape index (κ3) is 9.16. The summed E-state index contributed by atoms with van der Waals surface area (Å²) in [6.07, 6.45) is 0. The van der Waals surface area contributed by atoms with Crippen molar-refractivity contribution in [2.75, 3.05) is 0 Å². The molecular weight excluding hydrogens is 197 g/mol. The Hall–Kier alpha value is -0.360. The smallest absolute Gasteiger partial charge is 0.543 e. The zero-order chi connectivity index (χ0) is 5.15. The molecule has 0 heterocycles. The van der Waals surface area contributed by atoms with Crippen molar-refractivity contribution in [2.24, 2.45) is 0 Å². The molecule has 8 heavy (non-hydrogen) atoms. The van der Waals surface area contributed by atoms with Crippen molar-refractivity contribution in [3.05, 3.63) is 0 Å². The molecule has 0 aliphatic rings. The van der Waals surface area contributed by atoms with Gasteiger partial charge in [-0.05, 0) is 0 Å². The number of carbonyl (C=O) groups is 2. The summed E-state index contributed by atoms with van der Waals surface area (Å²) in [6.45, 7) is 0. The van der Waals surface area contributed by atoms with Crippen LogP contribution < -0.4 is 10.2 Å². The zero-order valence-electron chi connectivity index (χ0n) is 3.58. The topological polar surface area (TPSA) is 112 Å². The summed E-state index contributed by atoms with van der Waals surface area (Å²) >= 11 is 0. The molecule has 45 valence electrons. The third-order valence-corrected chi connectivity index (χ3v) is 0.167. The fourth-order valence-electron chi connectivity index (χ4n) is 0. The maximum Gasteiger partial charge on any atom is 2.00 e. The molecule has 0 aromatic rings. The molecule has 0 atom stereocenters. The number of carbonyl (C=O) groups excluding carboxylic acids is 2. The number of aliphatic carboxylic acids is 2. The minimum absolute atomic E-state index is 0. The van der Waals surface area contributed by atoms with Crippen molar-refractivity contribution in [3.8, 4) is 0 Å². The average Bonchev–Trinajstić information content (AvgIpc) is 1.36. The molecule has 1 radical (unpaired) electrons. The molecule has 0 fully saturated rings. The molecular formula is C2H2NbO5. The number of carboxylic acids is 2. The fourth-order valence-corrected chi connectivity index (χ4v) is 0. The van der Waals surface area contributed by atoms with E-state index in [0.717, 1.165) is 0 Å². The summed E-state index contributed by atoms with van der Waals surface area (Å²) in [5.41, 5.74) is 0. The first-order valence-corrected chi connectivity index (χ1v) is 1.07. The Bertz CT molecular complexity index is 76.4. The van der Waals surface area contributed by atoms with Gasteiger partial charge < -0.3 is 25.3 Å². The van der Waals surface area contributed by atoms with Crippen molar-refractivity contribution in [3.63, 3.8) is 0 Å². The Morgan fingerprint density at radius 3 is 1.12 bits per heavy atom. The Morgan fingerprint density at radius 1 is 1.00 bits per heavy atom. The van der Waals surface area contributed by atoms with E-state index in [4.69, 9.17) is 19.8 Å². The van der Waals surface area contributed by atoms with Crippen molar-refractivity contribution < 1.29 is 47.7 Å². The van der Waals surface area contributed by atoms with Crippen LogP contribution in [0.5, 0.6) is 0 Å². The van der Waals surface area contributed by atoms with Crippen LogP contribution in [-0.2, 0) is 32.0 Å². The van der Waals surface area contributed by atoms with Crippen LogP contribution in [0.4, 0.5) is 0 Å². The summed E-state index contributed by atoms with van der Waals surface area (Å²) in [4.78, 5) is 17.9. The largest absolute Gasteiger partial charge is 2.00 e. The fraction of sp³-hybridized carbons (Fsp3) is 0. The Balaban J connectivity index is -0.000000125. The van der Waals surface area contributed by atoms with Crippen LogP contribution in [0.1, 0.15) is 0 Å². The van der Waals surface area contributed by atoms with Crippen molar-refractivity contribution in [1.29, 1.82) is 0 Å². The van der Waals surface area contributed by atoms with Crippen LogP contribution in [0, 0.1) is 0 Å². The quantitative estimate of drug-likeness (QED) is 0.290. The van der Waals surface area contributed by atoms with Gasteiger partial charge in [0.1, 0.15) is 0 Å². The van der Waals surface area contributed by atoms with Crippen LogP contribution in [0.25, 0.3) is 0 Å². The minimum atomic E-state index is -2.19. The van der Waals surface area contributed by atoms with Gasteiger partial charge in [0.25, 0.3) is 0 Å². The first kappa shape index (κ1) is 15.6. The minimum Gasteiger partial charge on any atom is -0.543 e. The van der Waals surface area contributed by atoms with Crippen molar-refractivity contribution >= 4 is 11.9 Å². The van der Waals surface area contributed by atoms with E-state index in [1.807, 2.05) is 0 Å². The van der Waals surface area contributed by atoms with Gasteiger partial charge in [-0.15, -0.1) is 0 Å². The molecule has 0 unspecified atom stereocenters. The molecule has 0 saturated carbocycles. The third-order valence-electron chi connectivity index (χ3n) is 0.167. The van der Waals surface area contributed by atoms with Crippen molar-refractivity contribution in [2.45, 2.75) is 0 Å². The van der Waals surface area contributed by atoms with E-state index in [9.17, 15) is 0 Å². The summed E-state index contributed by atoms with van der Waals surface area (Å²) < 4.78 is 0. The molecule has 2 N–H and O–H groups in total. The SMILES string of the molecule is O.O=C([O-])C(=O)[O-].[Nb+2]. The second kappa shape index (κ2) is 6.64. The molecule has 0 spiro atoms. The van der Waals surface area contributed by atoms with Crippen LogP contribution in [0.2, 0.25) is 0 Å². The van der Waals surface area contributed by atoms with E-state index in [1.165, 1.54) is 0 Å². The van der Waals surface area contributed by atoms with E-state index >= 15 is 0 Å². The molecule has 0 aromatic heterocycles. The van der Waals surface area contributed by atoms with Crippen LogP contribution in [0.15, 0.2) is 0 Å². The van der Waals surface area contributed by atoms with E-state index in [0.29, 0.717) is 0 Å². The van der Waals surface area contributed by atoms with Crippen molar-refractivity contribution in [1.82, 2.24) is 0 Å². The predicted octanol–water partition coefficient (Wildman–Crippen LogP) is -4.34. The van der Waals surface area contributed by atoms with Gasteiger partial charge in [-0.25, -0.2) is 0 Å². The number of rotatable bonds is 0. The predicted molar refractivity (Wildman–Crippen MR) is 13.6 cm³/mol. The van der Waals surface area contributed by atoms with Gasteiger partial charge in [0.05, 0.1) is 11.9 Å². The molecule has 0 aliphatic carbocycles. The zero-order valence-corrected chi connectivity index (χ0v) is 5.78. The van der Waals surface area contributed by atoms with E-state index in [1.54, 1.807) is 0 Å². The maximum absolute atomic E-state index is 8.93. The Kier molecular flexibility index (Phi) is 13.0. The van der Waals surface area contributed by atoms with E-state index in [2.05, 4.69) is 0 Å². The van der Waals surface area contributed by atoms with Gasteiger partial charge in [-0.1, -0.05) is 0 Å². The second-order valence-corrected chi connectivity index (χ2v) is 0.575. The summed E-state index contributed by atoms with van der Waals surface area (Å²) in [5, 5.41) is 17.9. The molecule has 0 rings (SSSR count). The second-order valence-electron chi connectivity index (χ2n) is 0.575. The molecule has 0 aromatic carbocycles. The van der Waals surface area contributed by atoms with Gasteiger partial charge in [0.2, 0.25) is 0 Å². The van der Waals surface area contributed by atoms with Gasteiger partial charge in [0.15, 0.2) is 0 Å². The van der Waals surface area contributed by atoms with Gasteiger partial charge >= 0.3 is 22.4 Å². The number of carboxylic acid groups (broad SMARTS) is 2. The first-order chi connectivity index (χ1) is 2.64.